The van der Waals surface area contributed by atoms with Crippen LogP contribution >= 0.6 is 0 Å². The molecule has 3 heteroatoms. The lowest BCUT2D eigenvalue weighted by Crippen LogP contribution is -2.15. The largest absolute Gasteiger partial charge is 0.337 e. The fourth-order valence-corrected chi connectivity index (χ4v) is 3.20. The normalized spacial score (nSPS) is 11.9. The number of benzene rings is 3. The first-order valence-electron chi connectivity index (χ1n) is 9.75. The Labute approximate surface area is 167 Å². The third-order valence-electron chi connectivity index (χ3n) is 4.74. The van der Waals surface area contributed by atoms with Gasteiger partial charge in [0, 0.05) is 5.56 Å². The van der Waals surface area contributed by atoms with E-state index >= 15 is 0 Å². The number of rotatable bonds is 5. The summed E-state index contributed by atoms with van der Waals surface area (Å²) in [7, 11) is 0. The first kappa shape index (κ1) is 19.8. The molecule has 0 amide bonds. The molecule has 3 aromatic rings. The third-order valence-corrected chi connectivity index (χ3v) is 4.74. The van der Waals surface area contributed by atoms with E-state index in [1.54, 1.807) is 12.1 Å². The van der Waals surface area contributed by atoms with Gasteiger partial charge in [-0.1, -0.05) is 88.4 Å². The van der Waals surface area contributed by atoms with Gasteiger partial charge in [0.15, 0.2) is 0 Å². The van der Waals surface area contributed by atoms with E-state index in [1.807, 2.05) is 36.4 Å². The summed E-state index contributed by atoms with van der Waals surface area (Å²) >= 11 is 0. The number of aliphatic imine (C=N–C) groups is 1. The molecule has 0 bridgehead atoms. The topological polar surface area (TPSA) is 24.4 Å². The average molecular weight is 375 g/mol. The SMILES string of the molecule is CC(C)c1cccc(C(C)C)c1N=C(Nc1ccccc1F)c1ccccc1. The second kappa shape index (κ2) is 8.83. The van der Waals surface area contributed by atoms with Gasteiger partial charge in [-0.2, -0.15) is 0 Å². The van der Waals surface area contributed by atoms with Crippen molar-refractivity contribution in [2.75, 3.05) is 5.32 Å². The highest BCUT2D eigenvalue weighted by Crippen LogP contribution is 2.35. The van der Waals surface area contributed by atoms with Gasteiger partial charge in [0.05, 0.1) is 11.4 Å². The monoisotopic (exact) mass is 374 g/mol. The molecule has 0 spiro atoms. The van der Waals surface area contributed by atoms with E-state index in [-0.39, 0.29) is 5.82 Å². The maximum atomic E-state index is 14.3. The predicted octanol–water partition coefficient (Wildman–Crippen LogP) is 7.26. The van der Waals surface area contributed by atoms with Gasteiger partial charge in [0.1, 0.15) is 11.7 Å². The number of hydrogen-bond acceptors (Lipinski definition) is 1. The van der Waals surface area contributed by atoms with Gasteiger partial charge in [-0.05, 0) is 35.1 Å². The molecule has 0 aliphatic carbocycles. The molecule has 0 fully saturated rings. The molecule has 0 unspecified atom stereocenters. The van der Waals surface area contributed by atoms with Crippen molar-refractivity contribution in [1.82, 2.24) is 0 Å². The van der Waals surface area contributed by atoms with Crippen LogP contribution in [0.1, 0.15) is 56.2 Å². The second-order valence-electron chi connectivity index (χ2n) is 7.53. The Bertz CT molecular complexity index is 933. The van der Waals surface area contributed by atoms with Gasteiger partial charge in [0.25, 0.3) is 0 Å². The minimum Gasteiger partial charge on any atom is -0.337 e. The number of hydrogen-bond donors (Lipinski definition) is 1. The Morgan fingerprint density at radius 1 is 0.750 bits per heavy atom. The Balaban J connectivity index is 2.19. The number of para-hydroxylation sites is 2. The van der Waals surface area contributed by atoms with E-state index in [4.69, 9.17) is 4.99 Å². The van der Waals surface area contributed by atoms with Crippen LogP contribution in [-0.4, -0.2) is 5.84 Å². The van der Waals surface area contributed by atoms with Crippen LogP contribution in [-0.2, 0) is 0 Å². The molecule has 3 aromatic carbocycles. The molecule has 0 atom stereocenters. The molecule has 0 aliphatic rings. The third kappa shape index (κ3) is 4.48. The Morgan fingerprint density at radius 3 is 1.89 bits per heavy atom. The van der Waals surface area contributed by atoms with Crippen molar-refractivity contribution in [2.45, 2.75) is 39.5 Å². The molecule has 0 aromatic heterocycles. The standard InChI is InChI=1S/C25H27FN2/c1-17(2)20-13-10-14-21(18(3)4)24(20)28-25(19-11-6-5-7-12-19)27-23-16-9-8-15-22(23)26/h5-18H,1-4H3,(H,27,28). The zero-order valence-corrected chi connectivity index (χ0v) is 16.9. The molecule has 2 nitrogen and oxygen atoms in total. The van der Waals surface area contributed by atoms with Crippen molar-refractivity contribution in [1.29, 1.82) is 0 Å². The molecule has 0 saturated carbocycles. The highest BCUT2D eigenvalue weighted by Gasteiger charge is 2.15. The summed E-state index contributed by atoms with van der Waals surface area (Å²) in [5.41, 5.74) is 4.68. The van der Waals surface area contributed by atoms with Crippen LogP contribution < -0.4 is 5.32 Å². The fourth-order valence-electron chi connectivity index (χ4n) is 3.20. The summed E-state index contributed by atoms with van der Waals surface area (Å²) in [6, 6.07) is 22.9. The summed E-state index contributed by atoms with van der Waals surface area (Å²) in [5, 5.41) is 3.22. The lowest BCUT2D eigenvalue weighted by molar-refractivity contribution is 0.632. The maximum Gasteiger partial charge on any atom is 0.146 e. The van der Waals surface area contributed by atoms with Gasteiger partial charge in [-0.25, -0.2) is 9.38 Å². The van der Waals surface area contributed by atoms with Gasteiger partial charge in [-0.3, -0.25) is 0 Å². The van der Waals surface area contributed by atoms with Crippen LogP contribution in [0.2, 0.25) is 0 Å². The van der Waals surface area contributed by atoms with Crippen molar-refractivity contribution in [3.8, 4) is 0 Å². The van der Waals surface area contributed by atoms with E-state index in [0.29, 0.717) is 23.4 Å². The zero-order valence-electron chi connectivity index (χ0n) is 16.9. The first-order chi connectivity index (χ1) is 13.5. The molecule has 1 N–H and O–H groups in total. The lowest BCUT2D eigenvalue weighted by atomic mass is 9.93. The minimum atomic E-state index is -0.299. The Hall–Kier alpha value is -2.94. The molecule has 144 valence electrons. The molecule has 0 radical (unpaired) electrons. The van der Waals surface area contributed by atoms with E-state index < -0.39 is 0 Å². The molecule has 0 saturated heterocycles. The smallest absolute Gasteiger partial charge is 0.146 e. The predicted molar refractivity (Wildman–Crippen MR) is 117 cm³/mol. The minimum absolute atomic E-state index is 0.299. The van der Waals surface area contributed by atoms with Crippen LogP contribution in [0.3, 0.4) is 0 Å². The van der Waals surface area contributed by atoms with Gasteiger partial charge in [-0.15, -0.1) is 0 Å². The van der Waals surface area contributed by atoms with Crippen molar-refractivity contribution in [2.24, 2.45) is 4.99 Å². The quantitative estimate of drug-likeness (QED) is 0.369. The number of anilines is 1. The van der Waals surface area contributed by atoms with E-state index in [1.165, 1.54) is 17.2 Å². The molecular formula is C25H27FN2. The van der Waals surface area contributed by atoms with E-state index in [9.17, 15) is 4.39 Å². The van der Waals surface area contributed by atoms with Crippen molar-refractivity contribution in [3.63, 3.8) is 0 Å². The Kier molecular flexibility index (Phi) is 6.25. The lowest BCUT2D eigenvalue weighted by Gasteiger charge is -2.18. The van der Waals surface area contributed by atoms with Crippen LogP contribution in [0.15, 0.2) is 77.8 Å². The molecular weight excluding hydrogens is 347 g/mol. The Morgan fingerprint density at radius 2 is 1.32 bits per heavy atom. The van der Waals surface area contributed by atoms with Crippen molar-refractivity contribution in [3.05, 3.63) is 95.3 Å². The first-order valence-corrected chi connectivity index (χ1v) is 9.75. The van der Waals surface area contributed by atoms with Gasteiger partial charge < -0.3 is 5.32 Å². The molecule has 0 aliphatic heterocycles. The van der Waals surface area contributed by atoms with E-state index in [2.05, 4.69) is 51.2 Å². The highest BCUT2D eigenvalue weighted by molar-refractivity contribution is 6.09. The van der Waals surface area contributed by atoms with Crippen molar-refractivity contribution < 1.29 is 4.39 Å². The second-order valence-corrected chi connectivity index (χ2v) is 7.53. The van der Waals surface area contributed by atoms with Crippen molar-refractivity contribution >= 4 is 17.2 Å². The maximum absolute atomic E-state index is 14.3. The highest BCUT2D eigenvalue weighted by atomic mass is 19.1. The summed E-state index contributed by atoms with van der Waals surface area (Å²) in [6.45, 7) is 8.69. The zero-order chi connectivity index (χ0) is 20.1. The average Bonchev–Trinajstić information content (AvgIpc) is 2.69. The number of nitrogens with zero attached hydrogens (tertiary/aromatic N) is 1. The summed E-state index contributed by atoms with van der Waals surface area (Å²) in [6.07, 6.45) is 0. The molecule has 3 rings (SSSR count). The summed E-state index contributed by atoms with van der Waals surface area (Å²) in [4.78, 5) is 5.05. The van der Waals surface area contributed by atoms with Gasteiger partial charge in [0.2, 0.25) is 0 Å². The number of amidine groups is 1. The molecule has 0 heterocycles. The van der Waals surface area contributed by atoms with Gasteiger partial charge >= 0.3 is 0 Å². The summed E-state index contributed by atoms with van der Waals surface area (Å²) in [5.74, 6) is 1.01. The number of nitrogens with one attached hydrogen (secondary N) is 1. The van der Waals surface area contributed by atoms with Crippen LogP contribution in [0.25, 0.3) is 0 Å². The summed E-state index contributed by atoms with van der Waals surface area (Å²) < 4.78 is 14.3. The van der Waals surface area contributed by atoms with Crippen LogP contribution in [0.4, 0.5) is 15.8 Å². The number of halogens is 1. The molecule has 28 heavy (non-hydrogen) atoms. The van der Waals surface area contributed by atoms with Crippen LogP contribution in [0.5, 0.6) is 0 Å². The fraction of sp³-hybridized carbons (Fsp3) is 0.240. The van der Waals surface area contributed by atoms with E-state index in [0.717, 1.165) is 11.3 Å². The van der Waals surface area contributed by atoms with Crippen LogP contribution in [0, 0.1) is 5.82 Å².